The average Bonchev–Trinajstić information content (AvgIpc) is 2.73. The van der Waals surface area contributed by atoms with Gasteiger partial charge in [0.05, 0.1) is 47.3 Å². The number of β-amino-alcohol motifs (C(OH)–C–C–N with tert-alkyl or cyclic N) is 1. The minimum atomic E-state index is -0.619. The number of hydrogen-bond donors (Lipinski definition) is 1. The highest BCUT2D eigenvalue weighted by atomic mass is 16.6. The van der Waals surface area contributed by atoms with Crippen molar-refractivity contribution in [3.8, 4) is 17.2 Å². The molecular formula is C20H32N2O7. The second-order valence-electron chi connectivity index (χ2n) is 6.69. The third kappa shape index (κ3) is 6.66. The Labute approximate surface area is 172 Å². The van der Waals surface area contributed by atoms with Crippen molar-refractivity contribution in [2.75, 3.05) is 67.3 Å². The Morgan fingerprint density at radius 1 is 1.07 bits per heavy atom. The molecule has 0 spiro atoms. The van der Waals surface area contributed by atoms with Gasteiger partial charge in [-0.15, -0.1) is 0 Å². The van der Waals surface area contributed by atoms with Crippen LogP contribution in [0.25, 0.3) is 0 Å². The summed E-state index contributed by atoms with van der Waals surface area (Å²) in [4.78, 5) is 15.5. The standard InChI is InChI=1S/C20H32N2O7/c1-5-29-20(24)22-8-6-21(7-9-22)12-16(23)14-28-13-15-10-17(25-2)19(27-4)18(11-15)26-3/h10-11,16,23H,5-9,12-14H2,1-4H3/t16-/m1/s1. The van der Waals surface area contributed by atoms with Crippen molar-refractivity contribution in [2.24, 2.45) is 0 Å². The van der Waals surface area contributed by atoms with Gasteiger partial charge in [0.2, 0.25) is 5.75 Å². The van der Waals surface area contributed by atoms with E-state index in [4.69, 9.17) is 23.7 Å². The van der Waals surface area contributed by atoms with Crippen molar-refractivity contribution in [2.45, 2.75) is 19.6 Å². The topological polar surface area (TPSA) is 89.9 Å². The zero-order valence-corrected chi connectivity index (χ0v) is 17.7. The molecule has 1 aromatic carbocycles. The summed E-state index contributed by atoms with van der Waals surface area (Å²) in [5, 5.41) is 10.3. The number of hydrogen-bond acceptors (Lipinski definition) is 8. The maximum absolute atomic E-state index is 11.7. The van der Waals surface area contributed by atoms with Crippen LogP contribution in [0.4, 0.5) is 4.79 Å². The predicted molar refractivity (Wildman–Crippen MR) is 107 cm³/mol. The van der Waals surface area contributed by atoms with E-state index in [0.717, 1.165) is 5.56 Å². The van der Waals surface area contributed by atoms with Gasteiger partial charge >= 0.3 is 6.09 Å². The van der Waals surface area contributed by atoms with E-state index < -0.39 is 6.10 Å². The highest BCUT2D eigenvalue weighted by Gasteiger charge is 2.23. The maximum Gasteiger partial charge on any atom is 0.409 e. The first-order valence-corrected chi connectivity index (χ1v) is 9.71. The molecule has 0 aliphatic carbocycles. The summed E-state index contributed by atoms with van der Waals surface area (Å²) < 4.78 is 26.7. The fourth-order valence-corrected chi connectivity index (χ4v) is 3.21. The van der Waals surface area contributed by atoms with Crippen LogP contribution in [0.15, 0.2) is 12.1 Å². The van der Waals surface area contributed by atoms with Gasteiger partial charge in [-0.05, 0) is 24.6 Å². The average molecular weight is 412 g/mol. The molecule has 9 nitrogen and oxygen atoms in total. The lowest BCUT2D eigenvalue weighted by molar-refractivity contribution is 0.00113. The molecule has 164 valence electrons. The molecule has 1 aromatic rings. The van der Waals surface area contributed by atoms with Gasteiger partial charge in [-0.2, -0.15) is 0 Å². The number of amides is 1. The summed E-state index contributed by atoms with van der Waals surface area (Å²) in [6.07, 6.45) is -0.896. The van der Waals surface area contributed by atoms with E-state index >= 15 is 0 Å². The van der Waals surface area contributed by atoms with E-state index in [1.54, 1.807) is 33.2 Å². The monoisotopic (exact) mass is 412 g/mol. The zero-order valence-electron chi connectivity index (χ0n) is 17.7. The van der Waals surface area contributed by atoms with Crippen molar-refractivity contribution < 1.29 is 33.6 Å². The Morgan fingerprint density at radius 2 is 1.69 bits per heavy atom. The number of aliphatic hydroxyl groups is 1. The van der Waals surface area contributed by atoms with Crippen LogP contribution >= 0.6 is 0 Å². The molecule has 2 rings (SSSR count). The van der Waals surface area contributed by atoms with Gasteiger partial charge in [-0.3, -0.25) is 4.90 Å². The lowest BCUT2D eigenvalue weighted by Crippen LogP contribution is -2.50. The molecule has 0 aromatic heterocycles. The minimum absolute atomic E-state index is 0.203. The molecule has 1 aliphatic rings. The third-order valence-electron chi connectivity index (χ3n) is 4.67. The van der Waals surface area contributed by atoms with Crippen LogP contribution in [-0.2, 0) is 16.1 Å². The first-order chi connectivity index (χ1) is 14.0. The van der Waals surface area contributed by atoms with Crippen LogP contribution in [0.5, 0.6) is 17.2 Å². The van der Waals surface area contributed by atoms with Gasteiger partial charge < -0.3 is 33.7 Å². The van der Waals surface area contributed by atoms with E-state index in [-0.39, 0.29) is 12.7 Å². The largest absolute Gasteiger partial charge is 0.493 e. The lowest BCUT2D eigenvalue weighted by Gasteiger charge is -2.34. The van der Waals surface area contributed by atoms with E-state index in [2.05, 4.69) is 4.90 Å². The Balaban J connectivity index is 1.76. The van der Waals surface area contributed by atoms with Crippen molar-refractivity contribution in [3.05, 3.63) is 17.7 Å². The van der Waals surface area contributed by atoms with Gasteiger partial charge in [-0.25, -0.2) is 4.79 Å². The summed E-state index contributed by atoms with van der Waals surface area (Å²) >= 11 is 0. The number of aliphatic hydroxyl groups excluding tert-OH is 1. The Morgan fingerprint density at radius 3 is 2.21 bits per heavy atom. The first kappa shape index (κ1) is 23.1. The number of ether oxygens (including phenoxy) is 5. The van der Waals surface area contributed by atoms with E-state index in [1.165, 1.54) is 0 Å². The molecule has 1 saturated heterocycles. The number of piperazine rings is 1. The lowest BCUT2D eigenvalue weighted by atomic mass is 10.2. The number of carbonyl (C=O) groups is 1. The van der Waals surface area contributed by atoms with Crippen molar-refractivity contribution >= 4 is 6.09 Å². The van der Waals surface area contributed by atoms with Crippen LogP contribution in [0.1, 0.15) is 12.5 Å². The number of carbonyl (C=O) groups excluding carboxylic acids is 1. The van der Waals surface area contributed by atoms with Crippen LogP contribution in [0, 0.1) is 0 Å². The number of benzene rings is 1. The number of methoxy groups -OCH3 is 3. The van der Waals surface area contributed by atoms with E-state index in [0.29, 0.717) is 63.2 Å². The van der Waals surface area contributed by atoms with Crippen molar-refractivity contribution in [3.63, 3.8) is 0 Å². The summed E-state index contributed by atoms with van der Waals surface area (Å²) in [6.45, 7) is 5.76. The highest BCUT2D eigenvalue weighted by molar-refractivity contribution is 5.67. The van der Waals surface area contributed by atoms with Gasteiger partial charge in [-0.1, -0.05) is 0 Å². The van der Waals surface area contributed by atoms with Crippen LogP contribution < -0.4 is 14.2 Å². The molecule has 1 heterocycles. The third-order valence-corrected chi connectivity index (χ3v) is 4.67. The van der Waals surface area contributed by atoms with Crippen LogP contribution in [0.2, 0.25) is 0 Å². The molecule has 0 radical (unpaired) electrons. The summed E-state index contributed by atoms with van der Waals surface area (Å²) in [5.74, 6) is 1.65. The number of nitrogens with zero attached hydrogens (tertiary/aromatic N) is 2. The van der Waals surface area contributed by atoms with Crippen LogP contribution in [0.3, 0.4) is 0 Å². The smallest absolute Gasteiger partial charge is 0.409 e. The van der Waals surface area contributed by atoms with Gasteiger partial charge in [0, 0.05) is 32.7 Å². The highest BCUT2D eigenvalue weighted by Crippen LogP contribution is 2.38. The molecule has 1 N–H and O–H groups in total. The van der Waals surface area contributed by atoms with Crippen molar-refractivity contribution in [1.82, 2.24) is 9.80 Å². The van der Waals surface area contributed by atoms with E-state index in [1.807, 2.05) is 12.1 Å². The summed E-state index contributed by atoms with van der Waals surface area (Å²) in [6, 6.07) is 3.64. The van der Waals surface area contributed by atoms with Gasteiger partial charge in [0.1, 0.15) is 0 Å². The Hall–Kier alpha value is -2.23. The molecule has 29 heavy (non-hydrogen) atoms. The second kappa shape index (κ2) is 11.7. The molecule has 0 unspecified atom stereocenters. The van der Waals surface area contributed by atoms with Crippen LogP contribution in [-0.4, -0.2) is 94.4 Å². The molecule has 1 amide bonds. The molecule has 1 aliphatic heterocycles. The summed E-state index contributed by atoms with van der Waals surface area (Å²) in [7, 11) is 4.68. The molecule has 0 saturated carbocycles. The SMILES string of the molecule is CCOC(=O)N1CCN(C[C@@H](O)COCc2cc(OC)c(OC)c(OC)c2)CC1. The predicted octanol–water partition coefficient (Wildman–Crippen LogP) is 1.36. The summed E-state index contributed by atoms with van der Waals surface area (Å²) in [5.41, 5.74) is 0.856. The Bertz CT molecular complexity index is 623. The van der Waals surface area contributed by atoms with E-state index in [9.17, 15) is 9.90 Å². The second-order valence-corrected chi connectivity index (χ2v) is 6.69. The zero-order chi connectivity index (χ0) is 21.2. The molecule has 9 heteroatoms. The Kier molecular flexibility index (Phi) is 9.30. The van der Waals surface area contributed by atoms with Gasteiger partial charge in [0.15, 0.2) is 11.5 Å². The van der Waals surface area contributed by atoms with Gasteiger partial charge in [0.25, 0.3) is 0 Å². The van der Waals surface area contributed by atoms with Crippen molar-refractivity contribution in [1.29, 1.82) is 0 Å². The molecule has 0 bridgehead atoms. The molecule has 1 fully saturated rings. The molecule has 1 atom stereocenters. The minimum Gasteiger partial charge on any atom is -0.493 e. The molecular weight excluding hydrogens is 380 g/mol. The maximum atomic E-state index is 11.7. The fraction of sp³-hybridized carbons (Fsp3) is 0.650. The normalized spacial score (nSPS) is 15.7. The fourth-order valence-electron chi connectivity index (χ4n) is 3.21. The quantitative estimate of drug-likeness (QED) is 0.616. The number of rotatable bonds is 10. The first-order valence-electron chi connectivity index (χ1n) is 9.71.